The molecule has 4 fully saturated rings. The van der Waals surface area contributed by atoms with E-state index < -0.39 is 11.4 Å². The standard InChI is InChI=1S/C24H27NO6/c1-22(7-6-19(28)25-15-9-13(21(29)30)3-4-16(15)26)18(27)5-8-24-11-14-10-17(20(22)24)31-23(14,2)12-24/h3-5,8-9,14,17,20,26H,6-7,10-12H2,1-2H3,(H,25,28)(H,29,30)/t14-,17-,20-,22+,23-,24-/m0/s1. The number of hydrogen-bond donors (Lipinski definition) is 3. The van der Waals surface area contributed by atoms with Crippen molar-refractivity contribution in [3.8, 4) is 5.75 Å². The summed E-state index contributed by atoms with van der Waals surface area (Å²) >= 11 is 0. The predicted octanol–water partition coefficient (Wildman–Crippen LogP) is 3.53. The summed E-state index contributed by atoms with van der Waals surface area (Å²) in [7, 11) is 0. The number of carboxylic acids is 1. The maximum absolute atomic E-state index is 13.1. The lowest BCUT2D eigenvalue weighted by molar-refractivity contribution is -0.169. The number of carbonyl (C=O) groups is 3. The summed E-state index contributed by atoms with van der Waals surface area (Å²) in [6, 6.07) is 3.73. The van der Waals surface area contributed by atoms with Gasteiger partial charge in [-0.25, -0.2) is 4.79 Å². The van der Waals surface area contributed by atoms with Crippen molar-refractivity contribution in [1.82, 2.24) is 0 Å². The molecule has 0 radical (unpaired) electrons. The van der Waals surface area contributed by atoms with Crippen molar-refractivity contribution in [2.45, 2.75) is 57.7 Å². The molecule has 3 N–H and O–H groups in total. The van der Waals surface area contributed by atoms with Crippen molar-refractivity contribution in [2.24, 2.45) is 22.7 Å². The van der Waals surface area contributed by atoms with Crippen molar-refractivity contribution < 1.29 is 29.3 Å². The first-order valence-corrected chi connectivity index (χ1v) is 10.8. The minimum absolute atomic E-state index is 0.0298. The third kappa shape index (κ3) is 2.86. The maximum Gasteiger partial charge on any atom is 0.335 e. The van der Waals surface area contributed by atoms with Gasteiger partial charge in [0.05, 0.1) is 23.0 Å². The molecule has 2 saturated heterocycles. The van der Waals surface area contributed by atoms with Gasteiger partial charge in [0.1, 0.15) is 5.75 Å². The smallest absolute Gasteiger partial charge is 0.335 e. The molecular weight excluding hydrogens is 398 g/mol. The van der Waals surface area contributed by atoms with Crippen LogP contribution in [0, 0.1) is 22.7 Å². The number of ketones is 1. The van der Waals surface area contributed by atoms with E-state index in [1.54, 1.807) is 6.08 Å². The van der Waals surface area contributed by atoms with Crippen molar-refractivity contribution in [3.05, 3.63) is 35.9 Å². The molecule has 31 heavy (non-hydrogen) atoms. The number of rotatable bonds is 5. The Morgan fingerprint density at radius 3 is 2.77 bits per heavy atom. The average Bonchev–Trinajstić information content (AvgIpc) is 3.06. The molecule has 7 heteroatoms. The number of carbonyl (C=O) groups excluding carboxylic acids is 2. The van der Waals surface area contributed by atoms with Crippen LogP contribution in [0.3, 0.4) is 0 Å². The number of benzene rings is 1. The highest BCUT2D eigenvalue weighted by Crippen LogP contribution is 2.71. The summed E-state index contributed by atoms with van der Waals surface area (Å²) in [6.45, 7) is 4.15. The molecule has 1 spiro atoms. The van der Waals surface area contributed by atoms with E-state index >= 15 is 0 Å². The molecule has 1 aromatic carbocycles. The lowest BCUT2D eigenvalue weighted by Crippen LogP contribution is -2.56. The van der Waals surface area contributed by atoms with Crippen LogP contribution >= 0.6 is 0 Å². The first-order chi connectivity index (χ1) is 14.6. The Hall–Kier alpha value is -2.67. The molecule has 2 heterocycles. The number of phenols is 1. The normalized spacial score (nSPS) is 39.5. The Morgan fingerprint density at radius 2 is 2.06 bits per heavy atom. The van der Waals surface area contributed by atoms with Gasteiger partial charge >= 0.3 is 5.97 Å². The molecule has 1 aromatic rings. The lowest BCUT2D eigenvalue weighted by Gasteiger charge is -2.55. The number of nitrogens with one attached hydrogen (secondary N) is 1. The second-order valence-corrected chi connectivity index (χ2v) is 10.2. The van der Waals surface area contributed by atoms with Crippen LogP contribution in [0.5, 0.6) is 5.75 Å². The summed E-state index contributed by atoms with van der Waals surface area (Å²) in [5.41, 5.74) is -0.809. The number of ether oxygens (including phenoxy) is 1. The molecule has 4 bridgehead atoms. The second-order valence-electron chi connectivity index (χ2n) is 10.2. The second kappa shape index (κ2) is 6.42. The van der Waals surface area contributed by atoms with Crippen molar-refractivity contribution >= 4 is 23.3 Å². The number of anilines is 1. The molecule has 6 rings (SSSR count). The fraction of sp³-hybridized carbons (Fsp3) is 0.542. The quantitative estimate of drug-likeness (QED) is 0.622. The molecule has 0 aromatic heterocycles. The Kier molecular flexibility index (Phi) is 4.19. The van der Waals surface area contributed by atoms with Crippen LogP contribution in [-0.4, -0.2) is 39.6 Å². The topological polar surface area (TPSA) is 113 Å². The van der Waals surface area contributed by atoms with Gasteiger partial charge in [0.15, 0.2) is 5.78 Å². The van der Waals surface area contributed by atoms with Gasteiger partial charge in [-0.15, -0.1) is 0 Å². The molecule has 7 nitrogen and oxygen atoms in total. The molecule has 0 unspecified atom stereocenters. The summed E-state index contributed by atoms with van der Waals surface area (Å²) in [5.74, 6) is -1.09. The highest BCUT2D eigenvalue weighted by atomic mass is 16.5. The first-order valence-electron chi connectivity index (χ1n) is 10.8. The van der Waals surface area contributed by atoms with Gasteiger partial charge in [-0.05, 0) is 68.2 Å². The number of aromatic hydroxyl groups is 1. The zero-order valence-electron chi connectivity index (χ0n) is 17.7. The molecule has 164 valence electrons. The fourth-order valence-corrected chi connectivity index (χ4v) is 7.00. The summed E-state index contributed by atoms with van der Waals surface area (Å²) in [6.07, 6.45) is 7.26. The zero-order valence-corrected chi connectivity index (χ0v) is 17.7. The van der Waals surface area contributed by atoms with Gasteiger partial charge in [0.2, 0.25) is 5.91 Å². The number of phenolic OH excluding ortho intramolecular Hbond substituents is 1. The highest BCUT2D eigenvalue weighted by Gasteiger charge is 2.71. The van der Waals surface area contributed by atoms with Crippen LogP contribution in [0.2, 0.25) is 0 Å². The van der Waals surface area contributed by atoms with E-state index in [-0.39, 0.29) is 58.1 Å². The monoisotopic (exact) mass is 425 g/mol. The Balaban J connectivity index is 1.34. The predicted molar refractivity (Wildman–Crippen MR) is 112 cm³/mol. The highest BCUT2D eigenvalue weighted by molar-refractivity contribution is 5.98. The number of carboxylic acid groups (broad SMARTS) is 1. The van der Waals surface area contributed by atoms with E-state index in [0.717, 1.165) is 19.3 Å². The Morgan fingerprint density at radius 1 is 1.29 bits per heavy atom. The van der Waals surface area contributed by atoms with Gasteiger partial charge in [-0.1, -0.05) is 13.0 Å². The van der Waals surface area contributed by atoms with Crippen LogP contribution in [0.25, 0.3) is 0 Å². The average molecular weight is 425 g/mol. The first kappa shape index (κ1) is 20.2. The summed E-state index contributed by atoms with van der Waals surface area (Å²) in [4.78, 5) is 36.9. The van der Waals surface area contributed by atoms with Crippen molar-refractivity contribution in [2.75, 3.05) is 5.32 Å². The van der Waals surface area contributed by atoms with Crippen molar-refractivity contribution in [1.29, 1.82) is 0 Å². The number of hydrogen-bond acceptors (Lipinski definition) is 5. The molecular formula is C24H27NO6. The zero-order chi connectivity index (χ0) is 22.2. The third-order valence-electron chi connectivity index (χ3n) is 8.30. The summed E-state index contributed by atoms with van der Waals surface area (Å²) < 4.78 is 6.43. The molecule has 3 aliphatic carbocycles. The van der Waals surface area contributed by atoms with E-state index in [1.165, 1.54) is 18.2 Å². The van der Waals surface area contributed by atoms with Gasteiger partial charge in [0.25, 0.3) is 0 Å². The lowest BCUT2D eigenvalue weighted by atomic mass is 9.51. The largest absolute Gasteiger partial charge is 0.506 e. The van der Waals surface area contributed by atoms with Crippen molar-refractivity contribution in [3.63, 3.8) is 0 Å². The summed E-state index contributed by atoms with van der Waals surface area (Å²) in [5, 5.41) is 21.7. The molecule has 5 aliphatic rings. The fourth-order valence-electron chi connectivity index (χ4n) is 7.00. The number of amides is 1. The number of allylic oxidation sites excluding steroid dienone is 2. The minimum Gasteiger partial charge on any atom is -0.506 e. The van der Waals surface area contributed by atoms with Gasteiger partial charge in [-0.3, -0.25) is 9.59 Å². The van der Waals surface area contributed by atoms with E-state index in [4.69, 9.17) is 9.84 Å². The van der Waals surface area contributed by atoms with E-state index in [2.05, 4.69) is 18.3 Å². The molecule has 6 atom stereocenters. The van der Waals surface area contributed by atoms with Crippen LogP contribution in [0.1, 0.15) is 56.3 Å². The van der Waals surface area contributed by atoms with Crippen LogP contribution in [0.4, 0.5) is 5.69 Å². The Labute approximate surface area is 180 Å². The van der Waals surface area contributed by atoms with E-state index in [1.807, 2.05) is 6.92 Å². The molecule has 2 aliphatic heterocycles. The Bertz CT molecular complexity index is 1030. The van der Waals surface area contributed by atoms with Crippen LogP contribution in [-0.2, 0) is 14.3 Å². The van der Waals surface area contributed by atoms with Crippen LogP contribution in [0.15, 0.2) is 30.4 Å². The van der Waals surface area contributed by atoms with Gasteiger partial charge in [-0.2, -0.15) is 0 Å². The van der Waals surface area contributed by atoms with E-state index in [9.17, 15) is 19.5 Å². The molecule has 1 amide bonds. The maximum atomic E-state index is 13.1. The molecule has 2 saturated carbocycles. The van der Waals surface area contributed by atoms with Gasteiger partial charge < -0.3 is 20.3 Å². The van der Waals surface area contributed by atoms with Crippen LogP contribution < -0.4 is 5.32 Å². The van der Waals surface area contributed by atoms with Gasteiger partial charge in [0, 0.05) is 17.8 Å². The number of aromatic carboxylic acids is 1. The minimum atomic E-state index is -1.15. The van der Waals surface area contributed by atoms with E-state index in [0.29, 0.717) is 12.3 Å². The third-order valence-corrected chi connectivity index (χ3v) is 8.30. The SMILES string of the molecule is C[C@]12C[C@@]34C=CC(=O)[C@@](C)(CCC(=O)Nc5cc(C(=O)O)ccc5O)[C@@H]3[C@H](C[C@H]1C4)O2.